The van der Waals surface area contributed by atoms with Crippen LogP contribution in [0.15, 0.2) is 33.6 Å². The third kappa shape index (κ3) is 3.55. The second-order valence-corrected chi connectivity index (χ2v) is 5.67. The Kier molecular flexibility index (Phi) is 6.40. The van der Waals surface area contributed by atoms with E-state index in [2.05, 4.69) is 15.9 Å². The molecule has 0 radical (unpaired) electrons. The van der Waals surface area contributed by atoms with Crippen LogP contribution in [0, 0.1) is 0 Å². The first-order valence-electron chi connectivity index (χ1n) is 3.79. The summed E-state index contributed by atoms with van der Waals surface area (Å²) in [6.07, 6.45) is 0. The van der Waals surface area contributed by atoms with E-state index in [1.54, 1.807) is 0 Å². The fraction of sp³-hybridized carbons (Fsp3) is 0.125. The summed E-state index contributed by atoms with van der Waals surface area (Å²) in [6, 6.07) is 4.36. The molecular formula is C8H4BrF2KO4S. The maximum Gasteiger partial charge on any atom is 1.00 e. The first-order chi connectivity index (χ1) is 7.19. The minimum Gasteiger partial charge on any atom is -0.543 e. The van der Waals surface area contributed by atoms with E-state index in [1.807, 2.05) is 0 Å². The van der Waals surface area contributed by atoms with Crippen LogP contribution in [0.4, 0.5) is 8.78 Å². The van der Waals surface area contributed by atoms with Gasteiger partial charge in [-0.1, -0.05) is 22.0 Å². The van der Waals surface area contributed by atoms with E-state index in [9.17, 15) is 27.1 Å². The van der Waals surface area contributed by atoms with Crippen LogP contribution in [-0.2, 0) is 14.6 Å². The van der Waals surface area contributed by atoms with E-state index < -0.39 is 26.0 Å². The minimum atomic E-state index is -5.29. The number of hydrogen-bond acceptors (Lipinski definition) is 4. The molecule has 0 aliphatic heterocycles. The molecule has 1 rings (SSSR count). The summed E-state index contributed by atoms with van der Waals surface area (Å²) in [5, 5.41) is 5.12. The second-order valence-electron chi connectivity index (χ2n) is 2.77. The van der Waals surface area contributed by atoms with Gasteiger partial charge in [0.2, 0.25) is 9.84 Å². The van der Waals surface area contributed by atoms with Gasteiger partial charge in [0.25, 0.3) is 0 Å². The summed E-state index contributed by atoms with van der Waals surface area (Å²) in [6.45, 7) is 0. The predicted octanol–water partition coefficient (Wildman–Crippen LogP) is -2.43. The molecule has 0 heterocycles. The zero-order valence-electron chi connectivity index (χ0n) is 8.48. The maximum absolute atomic E-state index is 12.9. The quantitative estimate of drug-likeness (QED) is 0.567. The van der Waals surface area contributed by atoms with Gasteiger partial charge in [-0.05, 0) is 18.2 Å². The molecule has 1 aromatic rings. The van der Waals surface area contributed by atoms with Crippen molar-refractivity contribution < 1.29 is 78.5 Å². The van der Waals surface area contributed by atoms with Crippen molar-refractivity contribution in [1.29, 1.82) is 0 Å². The standard InChI is InChI=1S/C8H5BrF2O4S.K/c9-5-2-1-3-6(4-5)16(14,15)8(10,11)7(12)13;/h1-4H,(H,12,13);/q;+1/p-1. The van der Waals surface area contributed by atoms with Crippen LogP contribution < -0.4 is 56.5 Å². The van der Waals surface area contributed by atoms with E-state index in [1.165, 1.54) is 12.1 Å². The Hall–Kier alpha value is 0.616. The van der Waals surface area contributed by atoms with Crippen LogP contribution in [0.3, 0.4) is 0 Å². The molecule has 0 saturated carbocycles. The topological polar surface area (TPSA) is 74.3 Å². The molecule has 0 N–H and O–H groups in total. The van der Waals surface area contributed by atoms with E-state index >= 15 is 0 Å². The molecule has 0 saturated heterocycles. The monoisotopic (exact) mass is 352 g/mol. The van der Waals surface area contributed by atoms with E-state index in [4.69, 9.17) is 0 Å². The van der Waals surface area contributed by atoms with Crippen molar-refractivity contribution in [2.24, 2.45) is 0 Å². The summed E-state index contributed by atoms with van der Waals surface area (Å²) in [4.78, 5) is 9.28. The summed E-state index contributed by atoms with van der Waals surface area (Å²) in [5.74, 6) is -2.95. The third-order valence-corrected chi connectivity index (χ3v) is 3.89. The molecular weight excluding hydrogens is 349 g/mol. The molecule has 0 atom stereocenters. The van der Waals surface area contributed by atoms with Crippen LogP contribution in [0.2, 0.25) is 0 Å². The van der Waals surface area contributed by atoms with Crippen LogP contribution in [0.1, 0.15) is 0 Å². The number of aliphatic carboxylic acids is 1. The minimum absolute atomic E-state index is 0. The van der Waals surface area contributed by atoms with Gasteiger partial charge in [-0.3, -0.25) is 0 Å². The zero-order chi connectivity index (χ0) is 12.6. The van der Waals surface area contributed by atoms with Crippen LogP contribution in [-0.4, -0.2) is 19.6 Å². The molecule has 0 spiro atoms. The molecule has 0 aliphatic carbocycles. The number of rotatable bonds is 3. The van der Waals surface area contributed by atoms with Crippen LogP contribution in [0.25, 0.3) is 0 Å². The number of carboxylic acids is 1. The molecule has 0 bridgehead atoms. The first-order valence-corrected chi connectivity index (χ1v) is 6.06. The fourth-order valence-corrected chi connectivity index (χ4v) is 2.50. The second kappa shape index (κ2) is 6.18. The molecule has 88 valence electrons. The van der Waals surface area contributed by atoms with Crippen LogP contribution >= 0.6 is 15.9 Å². The normalized spacial score (nSPS) is 11.7. The molecule has 1 aromatic carbocycles. The summed E-state index contributed by atoms with van der Waals surface area (Å²) >= 11 is 2.89. The van der Waals surface area contributed by atoms with Gasteiger partial charge in [0.1, 0.15) is 5.97 Å². The van der Waals surface area contributed by atoms with Crippen molar-refractivity contribution in [3.05, 3.63) is 28.7 Å². The Morgan fingerprint density at radius 3 is 2.29 bits per heavy atom. The Morgan fingerprint density at radius 2 is 1.88 bits per heavy atom. The molecule has 0 fully saturated rings. The predicted molar refractivity (Wildman–Crippen MR) is 51.3 cm³/mol. The summed E-state index contributed by atoms with van der Waals surface area (Å²) in [5.41, 5.74) is 0. The Morgan fingerprint density at radius 1 is 1.35 bits per heavy atom. The molecule has 0 amide bonds. The van der Waals surface area contributed by atoms with Gasteiger partial charge >= 0.3 is 56.6 Å². The number of halogens is 3. The average Bonchev–Trinajstić information content (AvgIpc) is 2.17. The molecule has 4 nitrogen and oxygen atoms in total. The van der Waals surface area contributed by atoms with Gasteiger partial charge in [-0.25, -0.2) is 8.42 Å². The molecule has 0 aliphatic rings. The number of carbonyl (C=O) groups excluding carboxylic acids is 1. The number of alkyl halides is 2. The van der Waals surface area contributed by atoms with Crippen molar-refractivity contribution in [3.63, 3.8) is 0 Å². The SMILES string of the molecule is O=C([O-])C(F)(F)S(=O)(=O)c1cccc(Br)c1.[K+]. The number of hydrogen-bond donors (Lipinski definition) is 0. The fourth-order valence-electron chi connectivity index (χ4n) is 0.892. The van der Waals surface area contributed by atoms with E-state index in [-0.39, 0.29) is 55.9 Å². The number of carboxylic acid groups (broad SMARTS) is 1. The van der Waals surface area contributed by atoms with Crippen LogP contribution in [0.5, 0.6) is 0 Å². The van der Waals surface area contributed by atoms with Crippen molar-refractivity contribution in [2.75, 3.05) is 0 Å². The number of carbonyl (C=O) groups is 1. The van der Waals surface area contributed by atoms with Gasteiger partial charge < -0.3 is 9.90 Å². The Balaban J connectivity index is 0.00000256. The van der Waals surface area contributed by atoms with Crippen molar-refractivity contribution in [1.82, 2.24) is 0 Å². The Labute approximate surface area is 147 Å². The van der Waals surface area contributed by atoms with Gasteiger partial charge in [-0.15, -0.1) is 0 Å². The Bertz CT molecular complexity index is 532. The molecule has 9 heteroatoms. The van der Waals surface area contributed by atoms with E-state index in [0.717, 1.165) is 12.1 Å². The first kappa shape index (κ1) is 17.6. The van der Waals surface area contributed by atoms with Gasteiger partial charge in [-0.2, -0.15) is 8.78 Å². The smallest absolute Gasteiger partial charge is 0.543 e. The summed E-state index contributed by atoms with van der Waals surface area (Å²) < 4.78 is 48.5. The average molecular weight is 353 g/mol. The van der Waals surface area contributed by atoms with Crippen molar-refractivity contribution in [2.45, 2.75) is 10.2 Å². The van der Waals surface area contributed by atoms with Gasteiger partial charge in [0, 0.05) is 4.47 Å². The molecule has 0 unspecified atom stereocenters. The van der Waals surface area contributed by atoms with Crippen molar-refractivity contribution in [3.8, 4) is 0 Å². The number of benzene rings is 1. The number of sulfone groups is 1. The third-order valence-electron chi connectivity index (χ3n) is 1.68. The zero-order valence-corrected chi connectivity index (χ0v) is 14.0. The molecule has 17 heavy (non-hydrogen) atoms. The van der Waals surface area contributed by atoms with Gasteiger partial charge in [0.15, 0.2) is 0 Å². The summed E-state index contributed by atoms with van der Waals surface area (Å²) in [7, 11) is -5.29. The maximum atomic E-state index is 12.9. The van der Waals surface area contributed by atoms with E-state index in [0.29, 0.717) is 0 Å². The molecule has 0 aromatic heterocycles. The van der Waals surface area contributed by atoms with Crippen molar-refractivity contribution >= 4 is 31.7 Å². The largest absolute Gasteiger partial charge is 1.00 e. The van der Waals surface area contributed by atoms with Gasteiger partial charge in [0.05, 0.1) is 4.90 Å².